The summed E-state index contributed by atoms with van der Waals surface area (Å²) in [6.45, 7) is 13.1. The first-order chi connectivity index (χ1) is 15.3. The first-order valence-corrected chi connectivity index (χ1v) is 11.5. The minimum atomic E-state index is 0. The van der Waals surface area contributed by atoms with Gasteiger partial charge in [-0.2, -0.15) is 0 Å². The molecule has 176 valence electrons. The molecule has 32 heavy (non-hydrogen) atoms. The molecule has 0 amide bonds. The van der Waals surface area contributed by atoms with Gasteiger partial charge in [-0.3, -0.25) is 4.90 Å². The van der Waals surface area contributed by atoms with Crippen LogP contribution in [0.15, 0.2) is 59.6 Å². The van der Waals surface area contributed by atoms with Gasteiger partial charge in [-0.05, 0) is 37.1 Å². The van der Waals surface area contributed by atoms with Crippen LogP contribution in [0, 0.1) is 0 Å². The molecule has 0 atom stereocenters. The SMILES string of the molecule is CCNC(=NCc1ccccc1CN1CCN(c2ccccc2)CC1)NCCOCC.I. The van der Waals surface area contributed by atoms with Crippen molar-refractivity contribution in [3.05, 3.63) is 65.7 Å². The van der Waals surface area contributed by atoms with Gasteiger partial charge in [-0.25, -0.2) is 4.99 Å². The maximum atomic E-state index is 5.41. The van der Waals surface area contributed by atoms with E-state index in [1.807, 2.05) is 6.92 Å². The second-order valence-electron chi connectivity index (χ2n) is 7.69. The Morgan fingerprint density at radius 3 is 2.28 bits per heavy atom. The van der Waals surface area contributed by atoms with E-state index >= 15 is 0 Å². The van der Waals surface area contributed by atoms with Crippen LogP contribution in [0.25, 0.3) is 0 Å². The molecule has 2 N–H and O–H groups in total. The summed E-state index contributed by atoms with van der Waals surface area (Å²) in [7, 11) is 0. The van der Waals surface area contributed by atoms with Crippen LogP contribution < -0.4 is 15.5 Å². The van der Waals surface area contributed by atoms with E-state index in [1.54, 1.807) is 0 Å². The van der Waals surface area contributed by atoms with Gasteiger partial charge in [0.2, 0.25) is 0 Å². The first-order valence-electron chi connectivity index (χ1n) is 11.5. The number of anilines is 1. The van der Waals surface area contributed by atoms with Crippen LogP contribution in [0.2, 0.25) is 0 Å². The summed E-state index contributed by atoms with van der Waals surface area (Å²) in [5, 5.41) is 6.66. The van der Waals surface area contributed by atoms with E-state index in [1.165, 1.54) is 16.8 Å². The van der Waals surface area contributed by atoms with Crippen molar-refractivity contribution in [2.24, 2.45) is 4.99 Å². The summed E-state index contributed by atoms with van der Waals surface area (Å²) in [5.74, 6) is 0.841. The van der Waals surface area contributed by atoms with Crippen LogP contribution in [-0.4, -0.2) is 63.3 Å². The smallest absolute Gasteiger partial charge is 0.191 e. The second kappa shape index (κ2) is 15.1. The largest absolute Gasteiger partial charge is 0.380 e. The number of halogens is 1. The summed E-state index contributed by atoms with van der Waals surface area (Å²) in [6.07, 6.45) is 0. The number of guanidine groups is 1. The predicted molar refractivity (Wildman–Crippen MR) is 145 cm³/mol. The highest BCUT2D eigenvalue weighted by molar-refractivity contribution is 14.0. The van der Waals surface area contributed by atoms with Crippen molar-refractivity contribution in [1.82, 2.24) is 15.5 Å². The Hall–Kier alpha value is -1.84. The molecule has 2 aromatic carbocycles. The lowest BCUT2D eigenvalue weighted by molar-refractivity contribution is 0.152. The van der Waals surface area contributed by atoms with Crippen molar-refractivity contribution in [1.29, 1.82) is 0 Å². The number of nitrogens with one attached hydrogen (secondary N) is 2. The van der Waals surface area contributed by atoms with Gasteiger partial charge in [0.1, 0.15) is 0 Å². The minimum Gasteiger partial charge on any atom is -0.380 e. The number of hydrogen-bond acceptors (Lipinski definition) is 4. The molecule has 1 fully saturated rings. The average Bonchev–Trinajstić information content (AvgIpc) is 2.82. The molecule has 0 spiro atoms. The molecule has 1 heterocycles. The fourth-order valence-corrected chi connectivity index (χ4v) is 3.80. The Balaban J connectivity index is 0.00000363. The minimum absolute atomic E-state index is 0. The Morgan fingerprint density at radius 2 is 1.59 bits per heavy atom. The molecule has 0 aromatic heterocycles. The number of nitrogens with zero attached hydrogens (tertiary/aromatic N) is 3. The van der Waals surface area contributed by atoms with Crippen molar-refractivity contribution in [2.45, 2.75) is 26.9 Å². The molecule has 1 aliphatic rings. The van der Waals surface area contributed by atoms with E-state index < -0.39 is 0 Å². The van der Waals surface area contributed by atoms with Gasteiger partial charge < -0.3 is 20.3 Å². The summed E-state index contributed by atoms with van der Waals surface area (Å²) >= 11 is 0. The van der Waals surface area contributed by atoms with E-state index in [9.17, 15) is 0 Å². The number of benzene rings is 2. The molecule has 6 nitrogen and oxygen atoms in total. The third kappa shape index (κ3) is 8.60. The van der Waals surface area contributed by atoms with Crippen LogP contribution in [0.1, 0.15) is 25.0 Å². The monoisotopic (exact) mass is 551 g/mol. The second-order valence-corrected chi connectivity index (χ2v) is 7.69. The molecule has 0 radical (unpaired) electrons. The van der Waals surface area contributed by atoms with Crippen molar-refractivity contribution in [2.75, 3.05) is 57.4 Å². The third-order valence-electron chi connectivity index (χ3n) is 5.50. The van der Waals surface area contributed by atoms with Crippen molar-refractivity contribution < 1.29 is 4.74 Å². The summed E-state index contributed by atoms with van der Waals surface area (Å²) < 4.78 is 5.41. The lowest BCUT2D eigenvalue weighted by atomic mass is 10.1. The molecule has 0 saturated carbocycles. The van der Waals surface area contributed by atoms with Crippen LogP contribution in [0.4, 0.5) is 5.69 Å². The van der Waals surface area contributed by atoms with Gasteiger partial charge in [0.15, 0.2) is 5.96 Å². The van der Waals surface area contributed by atoms with Crippen LogP contribution in [-0.2, 0) is 17.8 Å². The van der Waals surface area contributed by atoms with Crippen LogP contribution in [0.5, 0.6) is 0 Å². The first kappa shape index (κ1) is 26.4. The number of aliphatic imine (C=N–C) groups is 1. The maximum Gasteiger partial charge on any atom is 0.191 e. The zero-order valence-electron chi connectivity index (χ0n) is 19.4. The molecular formula is C25H38IN5O. The third-order valence-corrected chi connectivity index (χ3v) is 5.50. The van der Waals surface area contributed by atoms with E-state index in [4.69, 9.17) is 9.73 Å². The summed E-state index contributed by atoms with van der Waals surface area (Å²) in [5.41, 5.74) is 3.98. The normalized spacial score (nSPS) is 14.7. The number of rotatable bonds is 10. The van der Waals surface area contributed by atoms with Crippen molar-refractivity contribution >= 4 is 35.6 Å². The highest BCUT2D eigenvalue weighted by Gasteiger charge is 2.18. The zero-order chi connectivity index (χ0) is 21.7. The summed E-state index contributed by atoms with van der Waals surface area (Å²) in [6, 6.07) is 19.4. The van der Waals surface area contributed by atoms with Gasteiger partial charge in [0.05, 0.1) is 13.2 Å². The maximum absolute atomic E-state index is 5.41. The fraction of sp³-hybridized carbons (Fsp3) is 0.480. The molecule has 7 heteroatoms. The number of para-hydroxylation sites is 1. The highest BCUT2D eigenvalue weighted by atomic mass is 127. The summed E-state index contributed by atoms with van der Waals surface area (Å²) in [4.78, 5) is 9.82. The molecule has 0 aliphatic carbocycles. The van der Waals surface area contributed by atoms with Gasteiger partial charge in [-0.1, -0.05) is 42.5 Å². The van der Waals surface area contributed by atoms with E-state index in [-0.39, 0.29) is 24.0 Å². The van der Waals surface area contributed by atoms with Crippen molar-refractivity contribution in [3.8, 4) is 0 Å². The Labute approximate surface area is 210 Å². The van der Waals surface area contributed by atoms with E-state index in [2.05, 4.69) is 82.0 Å². The number of ether oxygens (including phenoxy) is 1. The predicted octanol–water partition coefficient (Wildman–Crippen LogP) is 3.72. The quantitative estimate of drug-likeness (QED) is 0.204. The zero-order valence-corrected chi connectivity index (χ0v) is 21.8. The molecule has 0 bridgehead atoms. The van der Waals surface area contributed by atoms with Crippen molar-refractivity contribution in [3.63, 3.8) is 0 Å². The molecular weight excluding hydrogens is 513 g/mol. The molecule has 1 saturated heterocycles. The van der Waals surface area contributed by atoms with Gasteiger partial charge in [0, 0.05) is 58.1 Å². The Kier molecular flexibility index (Phi) is 12.4. The number of hydrogen-bond donors (Lipinski definition) is 2. The molecule has 3 rings (SSSR count). The lowest BCUT2D eigenvalue weighted by Gasteiger charge is -2.36. The fourth-order valence-electron chi connectivity index (χ4n) is 3.80. The highest BCUT2D eigenvalue weighted by Crippen LogP contribution is 2.18. The van der Waals surface area contributed by atoms with Gasteiger partial charge >= 0.3 is 0 Å². The van der Waals surface area contributed by atoms with Gasteiger partial charge in [0.25, 0.3) is 0 Å². The van der Waals surface area contributed by atoms with Crippen LogP contribution >= 0.6 is 24.0 Å². The topological polar surface area (TPSA) is 52.1 Å². The molecule has 1 aliphatic heterocycles. The molecule has 0 unspecified atom stereocenters. The van der Waals surface area contributed by atoms with Gasteiger partial charge in [-0.15, -0.1) is 24.0 Å². The average molecular weight is 552 g/mol. The van der Waals surface area contributed by atoms with E-state index in [0.717, 1.165) is 58.4 Å². The Bertz CT molecular complexity index is 794. The Morgan fingerprint density at radius 1 is 0.906 bits per heavy atom. The van der Waals surface area contributed by atoms with E-state index in [0.29, 0.717) is 13.2 Å². The number of piperazine rings is 1. The standard InChI is InChI=1S/C25H37N5O.HI/c1-3-26-25(27-14-19-31-4-2)28-20-22-10-8-9-11-23(22)21-29-15-17-30(18-16-29)24-12-6-5-7-13-24;/h5-13H,3-4,14-21H2,1-2H3,(H2,26,27,28);1H. The molecule has 2 aromatic rings. The lowest BCUT2D eigenvalue weighted by Crippen LogP contribution is -2.46. The van der Waals surface area contributed by atoms with Crippen LogP contribution in [0.3, 0.4) is 0 Å².